The Morgan fingerprint density at radius 3 is 1.62 bits per heavy atom. The Labute approximate surface area is 325 Å². The summed E-state index contributed by atoms with van der Waals surface area (Å²) in [6.07, 6.45) is 0. The Morgan fingerprint density at radius 1 is 0.268 bits per heavy atom. The van der Waals surface area contributed by atoms with E-state index in [9.17, 15) is 0 Å². The van der Waals surface area contributed by atoms with E-state index in [0.29, 0.717) is 0 Å². The first-order valence-corrected chi connectivity index (χ1v) is 19.1. The summed E-state index contributed by atoms with van der Waals surface area (Å²) >= 11 is 0. The molecule has 9 aromatic carbocycles. The molecule has 0 bridgehead atoms. The molecule has 0 fully saturated rings. The summed E-state index contributed by atoms with van der Waals surface area (Å²) in [5, 5.41) is 8.38. The van der Waals surface area contributed by atoms with Gasteiger partial charge in [0.2, 0.25) is 0 Å². The lowest BCUT2D eigenvalue weighted by Crippen LogP contribution is -1.93. The van der Waals surface area contributed by atoms with Crippen molar-refractivity contribution in [3.63, 3.8) is 0 Å². The lowest BCUT2D eigenvalue weighted by atomic mass is 9.92. The normalized spacial score (nSPS) is 11.6. The highest BCUT2D eigenvalue weighted by Crippen LogP contribution is 2.40. The van der Waals surface area contributed by atoms with E-state index in [1.165, 1.54) is 60.5 Å². The van der Waals surface area contributed by atoms with Crippen molar-refractivity contribution in [1.82, 2.24) is 9.97 Å². The smallest absolute Gasteiger partial charge is 0.0978 e. The molecule has 11 rings (SSSR count). The topological polar surface area (TPSA) is 25.8 Å². The first-order valence-electron chi connectivity index (χ1n) is 19.1. The minimum Gasteiger partial charge on any atom is -0.245 e. The van der Waals surface area contributed by atoms with Gasteiger partial charge in [-0.05, 0) is 78.7 Å². The molecule has 2 heterocycles. The molecule has 56 heavy (non-hydrogen) atoms. The van der Waals surface area contributed by atoms with E-state index >= 15 is 0 Å². The molecule has 2 aromatic heterocycles. The molecule has 0 amide bonds. The van der Waals surface area contributed by atoms with Crippen molar-refractivity contribution >= 4 is 54.3 Å². The van der Waals surface area contributed by atoms with Gasteiger partial charge in [0, 0.05) is 27.3 Å². The Hall–Kier alpha value is -7.42. The molecular formula is C54H34N2. The van der Waals surface area contributed by atoms with Crippen LogP contribution >= 0.6 is 0 Å². The predicted octanol–water partition coefficient (Wildman–Crippen LogP) is 14.6. The Kier molecular flexibility index (Phi) is 7.53. The van der Waals surface area contributed by atoms with Crippen LogP contribution in [0.25, 0.3) is 110 Å². The average molecular weight is 711 g/mol. The van der Waals surface area contributed by atoms with Crippen LogP contribution in [0.3, 0.4) is 0 Å². The molecular weight excluding hydrogens is 677 g/mol. The Bertz CT molecular complexity index is 3260. The second-order valence-electron chi connectivity index (χ2n) is 14.5. The summed E-state index contributed by atoms with van der Waals surface area (Å²) in [4.78, 5) is 10.4. The largest absolute Gasteiger partial charge is 0.245 e. The molecule has 0 saturated heterocycles. The standard InChI is InChI=1S/C54H34N2/c1-3-10-35(11-4-1)43-27-24-39-28-31-46-44(15-9-16-45(46)49(39)34-43)38-22-18-36(19-23-38)37-20-25-41(26-21-37)52-47-14-7-8-17-51(47)56-54-48(52)32-29-42-30-33-50(55-53(42)54)40-12-5-2-6-13-40/h1-34H. The third kappa shape index (κ3) is 5.42. The number of aromatic nitrogens is 2. The van der Waals surface area contributed by atoms with E-state index in [-0.39, 0.29) is 0 Å². The van der Waals surface area contributed by atoms with Crippen molar-refractivity contribution in [3.05, 3.63) is 206 Å². The highest BCUT2D eigenvalue weighted by atomic mass is 14.8. The minimum atomic E-state index is 0.920. The molecule has 0 radical (unpaired) electrons. The van der Waals surface area contributed by atoms with Gasteiger partial charge in [0.05, 0.1) is 22.2 Å². The van der Waals surface area contributed by atoms with Crippen LogP contribution in [-0.2, 0) is 0 Å². The number of benzene rings is 9. The fraction of sp³-hybridized carbons (Fsp3) is 0. The van der Waals surface area contributed by atoms with Crippen LogP contribution in [0.5, 0.6) is 0 Å². The van der Waals surface area contributed by atoms with Crippen molar-refractivity contribution < 1.29 is 0 Å². The quantitative estimate of drug-likeness (QED) is 0.131. The maximum atomic E-state index is 5.21. The van der Waals surface area contributed by atoms with Gasteiger partial charge < -0.3 is 0 Å². The lowest BCUT2D eigenvalue weighted by Gasteiger charge is -2.14. The zero-order valence-corrected chi connectivity index (χ0v) is 30.5. The molecule has 0 aliphatic heterocycles. The number of hydrogen-bond donors (Lipinski definition) is 0. The molecule has 0 N–H and O–H groups in total. The highest BCUT2D eigenvalue weighted by molar-refractivity contribution is 6.16. The van der Waals surface area contributed by atoms with Gasteiger partial charge in [-0.1, -0.05) is 188 Å². The van der Waals surface area contributed by atoms with Crippen LogP contribution in [0.15, 0.2) is 206 Å². The second-order valence-corrected chi connectivity index (χ2v) is 14.5. The summed E-state index contributed by atoms with van der Waals surface area (Å²) in [5.41, 5.74) is 14.5. The fourth-order valence-corrected chi connectivity index (χ4v) is 8.44. The van der Waals surface area contributed by atoms with Crippen molar-refractivity contribution in [1.29, 1.82) is 0 Å². The van der Waals surface area contributed by atoms with Gasteiger partial charge in [0.1, 0.15) is 0 Å². The molecule has 0 spiro atoms. The first-order chi connectivity index (χ1) is 27.7. The summed E-state index contributed by atoms with van der Waals surface area (Å²) in [6.45, 7) is 0. The molecule has 0 unspecified atom stereocenters. The van der Waals surface area contributed by atoms with Crippen LogP contribution in [0.1, 0.15) is 0 Å². The van der Waals surface area contributed by atoms with Crippen LogP contribution in [0.4, 0.5) is 0 Å². The van der Waals surface area contributed by atoms with E-state index in [2.05, 4.69) is 200 Å². The van der Waals surface area contributed by atoms with Crippen LogP contribution in [-0.4, -0.2) is 9.97 Å². The summed E-state index contributed by atoms with van der Waals surface area (Å²) in [5.74, 6) is 0. The van der Waals surface area contributed by atoms with Crippen molar-refractivity contribution in [2.24, 2.45) is 0 Å². The molecule has 260 valence electrons. The highest BCUT2D eigenvalue weighted by Gasteiger charge is 2.16. The number of rotatable bonds is 5. The van der Waals surface area contributed by atoms with Gasteiger partial charge >= 0.3 is 0 Å². The lowest BCUT2D eigenvalue weighted by molar-refractivity contribution is 1.39. The Balaban J connectivity index is 0.961. The maximum Gasteiger partial charge on any atom is 0.0978 e. The molecule has 0 aliphatic rings. The number of nitrogens with zero attached hydrogens (tertiary/aromatic N) is 2. The molecule has 0 saturated carbocycles. The van der Waals surface area contributed by atoms with Gasteiger partial charge in [-0.3, -0.25) is 0 Å². The molecule has 0 atom stereocenters. The number of hydrogen-bond acceptors (Lipinski definition) is 2. The van der Waals surface area contributed by atoms with E-state index in [0.717, 1.165) is 49.5 Å². The summed E-state index contributed by atoms with van der Waals surface area (Å²) in [7, 11) is 0. The second kappa shape index (κ2) is 13.2. The van der Waals surface area contributed by atoms with Gasteiger partial charge in [0.25, 0.3) is 0 Å². The first kappa shape index (κ1) is 32.0. The maximum absolute atomic E-state index is 5.21. The van der Waals surface area contributed by atoms with Gasteiger partial charge in [-0.15, -0.1) is 0 Å². The summed E-state index contributed by atoms with van der Waals surface area (Å²) < 4.78 is 0. The average Bonchev–Trinajstić information content (AvgIpc) is 3.28. The van der Waals surface area contributed by atoms with Crippen LogP contribution in [0, 0.1) is 0 Å². The van der Waals surface area contributed by atoms with Crippen LogP contribution < -0.4 is 0 Å². The zero-order chi connectivity index (χ0) is 37.0. The van der Waals surface area contributed by atoms with E-state index < -0.39 is 0 Å². The fourth-order valence-electron chi connectivity index (χ4n) is 8.44. The molecule has 0 aliphatic carbocycles. The molecule has 2 heteroatoms. The Morgan fingerprint density at radius 2 is 0.839 bits per heavy atom. The van der Waals surface area contributed by atoms with Crippen molar-refractivity contribution in [2.75, 3.05) is 0 Å². The van der Waals surface area contributed by atoms with Crippen LogP contribution in [0.2, 0.25) is 0 Å². The number of para-hydroxylation sites is 1. The van der Waals surface area contributed by atoms with Crippen molar-refractivity contribution in [2.45, 2.75) is 0 Å². The third-order valence-electron chi connectivity index (χ3n) is 11.3. The monoisotopic (exact) mass is 710 g/mol. The van der Waals surface area contributed by atoms with Gasteiger partial charge in [-0.2, -0.15) is 0 Å². The zero-order valence-electron chi connectivity index (χ0n) is 30.5. The summed E-state index contributed by atoms with van der Waals surface area (Å²) in [6, 6.07) is 74.1. The SMILES string of the molecule is c1ccc(-c2ccc3ccc4c(-c5ccc(-c6ccc(-c7c8ccccc8nc8c7ccc7ccc(-c9ccccc9)nc78)cc6)cc5)cccc4c3c2)cc1. The minimum absolute atomic E-state index is 0.920. The molecule has 2 nitrogen and oxygen atoms in total. The molecule has 11 aromatic rings. The number of fused-ring (bicyclic) bond motifs is 7. The van der Waals surface area contributed by atoms with Gasteiger partial charge in [-0.25, -0.2) is 9.97 Å². The predicted molar refractivity (Wildman–Crippen MR) is 237 cm³/mol. The third-order valence-corrected chi connectivity index (χ3v) is 11.3. The van der Waals surface area contributed by atoms with Crippen molar-refractivity contribution in [3.8, 4) is 55.8 Å². The van der Waals surface area contributed by atoms with Gasteiger partial charge in [0.15, 0.2) is 0 Å². The van der Waals surface area contributed by atoms with E-state index in [4.69, 9.17) is 9.97 Å². The van der Waals surface area contributed by atoms with E-state index in [1.54, 1.807) is 0 Å². The number of pyridine rings is 2. The van der Waals surface area contributed by atoms with E-state index in [1.807, 2.05) is 6.07 Å².